The number of anilines is 2. The van der Waals surface area contributed by atoms with E-state index in [0.717, 1.165) is 12.1 Å². The average Bonchev–Trinajstić information content (AvgIpc) is 2.77. The van der Waals surface area contributed by atoms with Gasteiger partial charge in [0, 0.05) is 24.2 Å². The third-order valence-corrected chi connectivity index (χ3v) is 4.28. The molecule has 0 amide bonds. The molecule has 0 saturated carbocycles. The van der Waals surface area contributed by atoms with Gasteiger partial charge in [0.2, 0.25) is 0 Å². The van der Waals surface area contributed by atoms with Crippen molar-refractivity contribution in [1.82, 2.24) is 9.78 Å². The van der Waals surface area contributed by atoms with Gasteiger partial charge >= 0.3 is 0 Å². The molecule has 0 saturated heterocycles. The van der Waals surface area contributed by atoms with Crippen LogP contribution in [0.1, 0.15) is 5.69 Å². The maximum atomic E-state index is 14.1. The fraction of sp³-hybridized carbons (Fsp3) is 0.118. The fourth-order valence-corrected chi connectivity index (χ4v) is 3.10. The Hall–Kier alpha value is -2.18. The van der Waals surface area contributed by atoms with Crippen molar-refractivity contribution < 1.29 is 13.2 Å². The summed E-state index contributed by atoms with van der Waals surface area (Å²) in [5.74, 6) is -1.72. The number of nitrogens with one attached hydrogen (secondary N) is 1. The molecular formula is C17H12Cl2F3N3. The third-order valence-electron chi connectivity index (χ3n) is 3.67. The molecule has 0 fully saturated rings. The summed E-state index contributed by atoms with van der Waals surface area (Å²) in [6.45, 7) is 1.74. The van der Waals surface area contributed by atoms with Crippen molar-refractivity contribution in [2.75, 3.05) is 5.32 Å². The van der Waals surface area contributed by atoms with Gasteiger partial charge in [0.05, 0.1) is 21.4 Å². The highest BCUT2D eigenvalue weighted by Crippen LogP contribution is 2.39. The van der Waals surface area contributed by atoms with Crippen molar-refractivity contribution in [2.24, 2.45) is 7.05 Å². The molecule has 0 aliphatic heterocycles. The lowest BCUT2D eigenvalue weighted by molar-refractivity contribution is 0.586. The zero-order chi connectivity index (χ0) is 18.3. The van der Waals surface area contributed by atoms with Gasteiger partial charge in [0.15, 0.2) is 5.82 Å². The number of hydrogen-bond donors (Lipinski definition) is 1. The van der Waals surface area contributed by atoms with Crippen LogP contribution in [-0.2, 0) is 7.05 Å². The third kappa shape index (κ3) is 3.32. The quantitative estimate of drug-likeness (QED) is 0.611. The van der Waals surface area contributed by atoms with Crippen molar-refractivity contribution in [3.05, 3.63) is 63.5 Å². The van der Waals surface area contributed by atoms with E-state index in [2.05, 4.69) is 10.4 Å². The van der Waals surface area contributed by atoms with E-state index in [4.69, 9.17) is 23.2 Å². The van der Waals surface area contributed by atoms with E-state index in [1.165, 1.54) is 22.9 Å². The summed E-state index contributed by atoms with van der Waals surface area (Å²) in [6.07, 6.45) is 0. The minimum absolute atomic E-state index is 0.0921. The number of benzene rings is 2. The minimum atomic E-state index is -0.847. The zero-order valence-corrected chi connectivity index (χ0v) is 14.7. The van der Waals surface area contributed by atoms with E-state index >= 15 is 0 Å². The van der Waals surface area contributed by atoms with Crippen LogP contribution in [0, 0.1) is 24.4 Å². The molecule has 130 valence electrons. The lowest BCUT2D eigenvalue weighted by Crippen LogP contribution is -2.03. The highest BCUT2D eigenvalue weighted by Gasteiger charge is 2.20. The predicted molar refractivity (Wildman–Crippen MR) is 93.0 cm³/mol. The largest absolute Gasteiger partial charge is 0.336 e. The predicted octanol–water partition coefficient (Wildman–Crippen LogP) is 5.86. The van der Waals surface area contributed by atoms with Gasteiger partial charge in [-0.25, -0.2) is 13.2 Å². The van der Waals surface area contributed by atoms with E-state index < -0.39 is 17.5 Å². The van der Waals surface area contributed by atoms with Crippen LogP contribution < -0.4 is 5.32 Å². The first-order valence-electron chi connectivity index (χ1n) is 7.18. The summed E-state index contributed by atoms with van der Waals surface area (Å²) >= 11 is 12.1. The van der Waals surface area contributed by atoms with Gasteiger partial charge < -0.3 is 5.32 Å². The van der Waals surface area contributed by atoms with Crippen LogP contribution in [0.25, 0.3) is 11.1 Å². The molecule has 0 atom stereocenters. The summed E-state index contributed by atoms with van der Waals surface area (Å²) in [5.41, 5.74) is 1.59. The number of nitrogens with zero attached hydrogens (tertiary/aromatic N) is 2. The van der Waals surface area contributed by atoms with Gasteiger partial charge in [-0.1, -0.05) is 23.2 Å². The molecule has 25 heavy (non-hydrogen) atoms. The first-order valence-corrected chi connectivity index (χ1v) is 7.94. The zero-order valence-electron chi connectivity index (χ0n) is 13.2. The van der Waals surface area contributed by atoms with Gasteiger partial charge in [-0.3, -0.25) is 4.68 Å². The molecule has 8 heteroatoms. The summed E-state index contributed by atoms with van der Waals surface area (Å²) in [5, 5.41) is 7.19. The summed E-state index contributed by atoms with van der Waals surface area (Å²) in [7, 11) is 1.64. The van der Waals surface area contributed by atoms with Crippen LogP contribution in [0.5, 0.6) is 0 Å². The first kappa shape index (κ1) is 17.6. The molecule has 2 aromatic carbocycles. The van der Waals surface area contributed by atoms with Crippen molar-refractivity contribution in [3.63, 3.8) is 0 Å². The summed E-state index contributed by atoms with van der Waals surface area (Å²) in [4.78, 5) is 0. The van der Waals surface area contributed by atoms with E-state index in [1.54, 1.807) is 14.0 Å². The van der Waals surface area contributed by atoms with E-state index in [-0.39, 0.29) is 15.7 Å². The fourth-order valence-electron chi connectivity index (χ4n) is 2.60. The number of aromatic nitrogens is 2. The van der Waals surface area contributed by atoms with Crippen LogP contribution in [0.15, 0.2) is 30.3 Å². The standard InChI is InChI=1S/C17H12Cl2F3N3/c1-8-15(11-4-3-9(20)5-12(11)18)17(25(2)24-8)23-16-13(19)6-10(21)7-14(16)22/h3-7,23H,1-2H3. The second-order valence-corrected chi connectivity index (χ2v) is 6.24. The monoisotopic (exact) mass is 385 g/mol. The number of rotatable bonds is 3. The molecule has 0 bridgehead atoms. The molecule has 0 spiro atoms. The Balaban J connectivity index is 2.16. The highest BCUT2D eigenvalue weighted by atomic mass is 35.5. The molecule has 1 heterocycles. The number of halogens is 5. The number of aryl methyl sites for hydroxylation is 2. The Morgan fingerprint density at radius 3 is 2.32 bits per heavy atom. The number of hydrogen-bond acceptors (Lipinski definition) is 2. The SMILES string of the molecule is Cc1nn(C)c(Nc2c(F)cc(F)cc2Cl)c1-c1ccc(F)cc1Cl. The average molecular weight is 386 g/mol. The molecule has 0 unspecified atom stereocenters. The van der Waals surface area contributed by atoms with E-state index in [1.807, 2.05) is 0 Å². The maximum Gasteiger partial charge on any atom is 0.151 e. The molecule has 3 nitrogen and oxygen atoms in total. The normalized spacial score (nSPS) is 11.0. The van der Waals surface area contributed by atoms with Crippen LogP contribution in [0.2, 0.25) is 10.0 Å². The molecule has 0 radical (unpaired) electrons. The molecule has 0 aliphatic rings. The van der Waals surface area contributed by atoms with Crippen molar-refractivity contribution in [3.8, 4) is 11.1 Å². The second-order valence-electron chi connectivity index (χ2n) is 5.43. The minimum Gasteiger partial charge on any atom is -0.336 e. The van der Waals surface area contributed by atoms with E-state index in [0.29, 0.717) is 22.6 Å². The highest BCUT2D eigenvalue weighted by molar-refractivity contribution is 6.34. The smallest absolute Gasteiger partial charge is 0.151 e. The van der Waals surface area contributed by atoms with Gasteiger partial charge in [-0.05, 0) is 31.2 Å². The van der Waals surface area contributed by atoms with Crippen molar-refractivity contribution in [2.45, 2.75) is 6.92 Å². The van der Waals surface area contributed by atoms with Gasteiger partial charge in [0.1, 0.15) is 17.5 Å². The van der Waals surface area contributed by atoms with Crippen LogP contribution in [0.4, 0.5) is 24.7 Å². The van der Waals surface area contributed by atoms with Gasteiger partial charge in [-0.15, -0.1) is 0 Å². The Kier molecular flexibility index (Phi) is 4.67. The molecule has 1 N–H and O–H groups in total. The molecular weight excluding hydrogens is 374 g/mol. The maximum absolute atomic E-state index is 14.1. The Bertz CT molecular complexity index is 947. The summed E-state index contributed by atoms with van der Waals surface area (Å²) in [6, 6.07) is 5.68. The Morgan fingerprint density at radius 2 is 1.68 bits per heavy atom. The van der Waals surface area contributed by atoms with Crippen molar-refractivity contribution >= 4 is 34.7 Å². The topological polar surface area (TPSA) is 29.9 Å². The van der Waals surface area contributed by atoms with Gasteiger partial charge in [0.25, 0.3) is 0 Å². The summed E-state index contributed by atoms with van der Waals surface area (Å²) < 4.78 is 42.2. The van der Waals surface area contributed by atoms with Gasteiger partial charge in [-0.2, -0.15) is 5.10 Å². The Morgan fingerprint density at radius 1 is 1.00 bits per heavy atom. The lowest BCUT2D eigenvalue weighted by Gasteiger charge is -2.13. The molecule has 3 aromatic rings. The first-order chi connectivity index (χ1) is 11.8. The lowest BCUT2D eigenvalue weighted by atomic mass is 10.1. The van der Waals surface area contributed by atoms with E-state index in [9.17, 15) is 13.2 Å². The molecule has 1 aromatic heterocycles. The molecule has 3 rings (SSSR count). The Labute approximate surface area is 152 Å². The van der Waals surface area contributed by atoms with Crippen molar-refractivity contribution in [1.29, 1.82) is 0 Å². The van der Waals surface area contributed by atoms with Crippen LogP contribution in [0.3, 0.4) is 0 Å². The van der Waals surface area contributed by atoms with Crippen LogP contribution >= 0.6 is 23.2 Å². The molecule has 0 aliphatic carbocycles. The second kappa shape index (κ2) is 6.61. The van der Waals surface area contributed by atoms with Crippen LogP contribution in [-0.4, -0.2) is 9.78 Å².